The quantitative estimate of drug-likeness (QED) is 0.762. The number of rotatable bonds is 6. The van der Waals surface area contributed by atoms with Crippen molar-refractivity contribution >= 4 is 17.6 Å². The van der Waals surface area contributed by atoms with Crippen molar-refractivity contribution in [1.82, 2.24) is 10.6 Å². The molecule has 0 aromatic heterocycles. The van der Waals surface area contributed by atoms with Gasteiger partial charge in [0.25, 0.3) is 0 Å². The van der Waals surface area contributed by atoms with Crippen LogP contribution in [0.25, 0.3) is 0 Å². The third-order valence-electron chi connectivity index (χ3n) is 3.40. The zero-order valence-electron chi connectivity index (χ0n) is 13.7. The molecule has 1 atom stereocenters. The van der Waals surface area contributed by atoms with Gasteiger partial charge < -0.3 is 15.4 Å². The van der Waals surface area contributed by atoms with Crippen LogP contribution in [-0.4, -0.2) is 25.1 Å². The SMILES string of the molecule is COc1ccccc1N[C@H](C)C(=O)NC(=O)NCc1ccccc1. The maximum atomic E-state index is 12.1. The minimum absolute atomic E-state index is 0.355. The number of benzene rings is 2. The third kappa shape index (κ3) is 5.01. The summed E-state index contributed by atoms with van der Waals surface area (Å²) in [6, 6.07) is 15.6. The highest BCUT2D eigenvalue weighted by atomic mass is 16.5. The lowest BCUT2D eigenvalue weighted by atomic mass is 10.2. The monoisotopic (exact) mass is 327 g/mol. The molecule has 0 saturated heterocycles. The molecule has 0 saturated carbocycles. The first kappa shape index (κ1) is 17.3. The van der Waals surface area contributed by atoms with E-state index in [1.54, 1.807) is 26.2 Å². The number of hydrogen-bond acceptors (Lipinski definition) is 4. The smallest absolute Gasteiger partial charge is 0.321 e. The fourth-order valence-electron chi connectivity index (χ4n) is 2.11. The fraction of sp³-hybridized carbons (Fsp3) is 0.222. The van der Waals surface area contributed by atoms with E-state index in [1.165, 1.54) is 0 Å². The van der Waals surface area contributed by atoms with Gasteiger partial charge in [-0.05, 0) is 24.6 Å². The predicted octanol–water partition coefficient (Wildman–Crippen LogP) is 2.52. The number of hydrogen-bond donors (Lipinski definition) is 3. The molecule has 0 unspecified atom stereocenters. The molecule has 6 nitrogen and oxygen atoms in total. The fourth-order valence-corrected chi connectivity index (χ4v) is 2.11. The van der Waals surface area contributed by atoms with Gasteiger partial charge in [-0.15, -0.1) is 0 Å². The minimum Gasteiger partial charge on any atom is -0.495 e. The minimum atomic E-state index is -0.594. The summed E-state index contributed by atoms with van der Waals surface area (Å²) >= 11 is 0. The predicted molar refractivity (Wildman–Crippen MR) is 92.9 cm³/mol. The van der Waals surface area contributed by atoms with Crippen LogP contribution in [0.1, 0.15) is 12.5 Å². The van der Waals surface area contributed by atoms with Crippen LogP contribution in [-0.2, 0) is 11.3 Å². The largest absolute Gasteiger partial charge is 0.495 e. The topological polar surface area (TPSA) is 79.5 Å². The van der Waals surface area contributed by atoms with Crippen LogP contribution in [0.15, 0.2) is 54.6 Å². The Balaban J connectivity index is 1.83. The second-order valence-corrected chi connectivity index (χ2v) is 5.22. The van der Waals surface area contributed by atoms with Crippen molar-refractivity contribution in [2.24, 2.45) is 0 Å². The first-order valence-electron chi connectivity index (χ1n) is 7.62. The highest BCUT2D eigenvalue weighted by Gasteiger charge is 2.16. The molecule has 2 aromatic carbocycles. The van der Waals surface area contributed by atoms with Gasteiger partial charge in [0.05, 0.1) is 12.8 Å². The molecule has 2 rings (SSSR count). The molecule has 0 spiro atoms. The molecule has 2 aromatic rings. The Kier molecular flexibility index (Phi) is 6.19. The molecule has 0 aliphatic carbocycles. The average molecular weight is 327 g/mol. The molecule has 0 aliphatic heterocycles. The highest BCUT2D eigenvalue weighted by molar-refractivity contribution is 5.98. The number of amides is 3. The number of ether oxygens (including phenoxy) is 1. The van der Waals surface area contributed by atoms with Crippen molar-refractivity contribution in [2.45, 2.75) is 19.5 Å². The Morgan fingerprint density at radius 3 is 2.42 bits per heavy atom. The van der Waals surface area contributed by atoms with Crippen LogP contribution in [0.5, 0.6) is 5.75 Å². The Hall–Kier alpha value is -3.02. The molecule has 24 heavy (non-hydrogen) atoms. The molecule has 0 heterocycles. The van der Waals surface area contributed by atoms with E-state index < -0.39 is 18.0 Å². The van der Waals surface area contributed by atoms with Crippen molar-refractivity contribution in [2.75, 3.05) is 12.4 Å². The maximum absolute atomic E-state index is 12.1. The van der Waals surface area contributed by atoms with Crippen molar-refractivity contribution in [3.05, 3.63) is 60.2 Å². The summed E-state index contributed by atoms with van der Waals surface area (Å²) in [6.07, 6.45) is 0. The second-order valence-electron chi connectivity index (χ2n) is 5.22. The summed E-state index contributed by atoms with van der Waals surface area (Å²) in [5, 5.41) is 7.99. The maximum Gasteiger partial charge on any atom is 0.321 e. The first-order chi connectivity index (χ1) is 11.6. The first-order valence-corrected chi connectivity index (χ1v) is 7.62. The number of carbonyl (C=O) groups is 2. The Morgan fingerprint density at radius 1 is 1.04 bits per heavy atom. The molecular formula is C18H21N3O3. The molecule has 3 N–H and O–H groups in total. The molecule has 0 radical (unpaired) electrons. The number of imide groups is 1. The van der Waals surface area contributed by atoms with Gasteiger partial charge in [0.2, 0.25) is 5.91 Å². The number of methoxy groups -OCH3 is 1. The lowest BCUT2D eigenvalue weighted by Crippen LogP contribution is -2.45. The third-order valence-corrected chi connectivity index (χ3v) is 3.40. The van der Waals surface area contributed by atoms with E-state index in [9.17, 15) is 9.59 Å². The van der Waals surface area contributed by atoms with E-state index in [1.807, 2.05) is 42.5 Å². The van der Waals surface area contributed by atoms with E-state index in [-0.39, 0.29) is 0 Å². The summed E-state index contributed by atoms with van der Waals surface area (Å²) in [5.41, 5.74) is 1.65. The average Bonchev–Trinajstić information content (AvgIpc) is 2.61. The van der Waals surface area contributed by atoms with E-state index >= 15 is 0 Å². The van der Waals surface area contributed by atoms with Crippen LogP contribution in [0.3, 0.4) is 0 Å². The molecule has 0 bridgehead atoms. The van der Waals surface area contributed by atoms with Gasteiger partial charge in [0, 0.05) is 6.54 Å². The van der Waals surface area contributed by atoms with E-state index in [2.05, 4.69) is 16.0 Å². The molecule has 0 fully saturated rings. The van der Waals surface area contributed by atoms with Gasteiger partial charge in [-0.25, -0.2) is 4.79 Å². The van der Waals surface area contributed by atoms with Crippen LogP contribution in [0.4, 0.5) is 10.5 Å². The van der Waals surface area contributed by atoms with E-state index in [0.29, 0.717) is 18.0 Å². The van der Waals surface area contributed by atoms with E-state index in [4.69, 9.17) is 4.74 Å². The molecular weight excluding hydrogens is 306 g/mol. The van der Waals surface area contributed by atoms with Gasteiger partial charge in [0.15, 0.2) is 0 Å². The van der Waals surface area contributed by atoms with Crippen molar-refractivity contribution in [3.63, 3.8) is 0 Å². The van der Waals surface area contributed by atoms with Crippen molar-refractivity contribution in [1.29, 1.82) is 0 Å². The number of urea groups is 1. The molecule has 3 amide bonds. The zero-order chi connectivity index (χ0) is 17.4. The highest BCUT2D eigenvalue weighted by Crippen LogP contribution is 2.23. The number of nitrogens with one attached hydrogen (secondary N) is 3. The van der Waals surface area contributed by atoms with Crippen molar-refractivity contribution < 1.29 is 14.3 Å². The van der Waals surface area contributed by atoms with Gasteiger partial charge in [-0.1, -0.05) is 42.5 Å². The second kappa shape index (κ2) is 8.57. The van der Waals surface area contributed by atoms with Gasteiger partial charge in [0.1, 0.15) is 11.8 Å². The lowest BCUT2D eigenvalue weighted by molar-refractivity contribution is -0.120. The van der Waals surface area contributed by atoms with Gasteiger partial charge in [-0.3, -0.25) is 10.1 Å². The summed E-state index contributed by atoms with van der Waals surface area (Å²) in [7, 11) is 1.56. The van der Waals surface area contributed by atoms with Crippen LogP contribution in [0.2, 0.25) is 0 Å². The number of carbonyl (C=O) groups excluding carboxylic acids is 2. The van der Waals surface area contributed by atoms with Crippen LogP contribution < -0.4 is 20.7 Å². The zero-order valence-corrected chi connectivity index (χ0v) is 13.7. The van der Waals surface area contributed by atoms with Gasteiger partial charge >= 0.3 is 6.03 Å². The van der Waals surface area contributed by atoms with Crippen LogP contribution in [0, 0.1) is 0 Å². The van der Waals surface area contributed by atoms with Crippen LogP contribution >= 0.6 is 0 Å². The Labute approximate surface area is 141 Å². The molecule has 0 aliphatic rings. The summed E-state index contributed by atoms with van der Waals surface area (Å²) in [4.78, 5) is 23.9. The lowest BCUT2D eigenvalue weighted by Gasteiger charge is -2.17. The summed E-state index contributed by atoms with van der Waals surface area (Å²) in [6.45, 7) is 2.03. The standard InChI is InChI=1S/C18H21N3O3/c1-13(20-15-10-6-7-11-16(15)24-2)17(22)21-18(23)19-12-14-8-4-3-5-9-14/h3-11,13,20H,12H2,1-2H3,(H2,19,21,22,23)/t13-/m1/s1. The number of anilines is 1. The Bertz CT molecular complexity index is 689. The molecule has 126 valence electrons. The van der Waals surface area contributed by atoms with Gasteiger partial charge in [-0.2, -0.15) is 0 Å². The Morgan fingerprint density at radius 2 is 1.71 bits per heavy atom. The number of para-hydroxylation sites is 2. The normalized spacial score (nSPS) is 11.2. The van der Waals surface area contributed by atoms with Crippen molar-refractivity contribution in [3.8, 4) is 5.75 Å². The summed E-state index contributed by atoms with van der Waals surface area (Å²) < 4.78 is 5.22. The molecule has 6 heteroatoms. The van der Waals surface area contributed by atoms with E-state index in [0.717, 1.165) is 5.56 Å². The summed E-state index contributed by atoms with van der Waals surface area (Å²) in [5.74, 6) is 0.206.